The molecule has 25 heavy (non-hydrogen) atoms. The number of Topliss-reactive ketones (excluding diaryl/α,β-unsaturated/α-hetero) is 1. The van der Waals surface area contributed by atoms with Crippen molar-refractivity contribution < 1.29 is 20.1 Å². The van der Waals surface area contributed by atoms with Crippen molar-refractivity contribution in [3.05, 3.63) is 34.6 Å². The molecule has 140 valence electrons. The van der Waals surface area contributed by atoms with Gasteiger partial charge in [-0.3, -0.25) is 4.79 Å². The fourth-order valence-electron chi connectivity index (χ4n) is 4.14. The minimum atomic E-state index is -0.952. The van der Waals surface area contributed by atoms with Crippen LogP contribution in [0.2, 0.25) is 0 Å². The summed E-state index contributed by atoms with van der Waals surface area (Å²) in [4.78, 5) is 12.2. The zero-order valence-electron chi connectivity index (χ0n) is 15.9. The molecule has 2 rings (SSSR count). The largest absolute Gasteiger partial charge is 0.509 e. The number of rotatable bonds is 5. The molecule has 0 spiro atoms. The van der Waals surface area contributed by atoms with Gasteiger partial charge in [0.25, 0.3) is 0 Å². The fraction of sp³-hybridized carbons (Fsp3) is 0.667. The Morgan fingerprint density at radius 1 is 1.24 bits per heavy atom. The van der Waals surface area contributed by atoms with Crippen LogP contribution in [0.4, 0.5) is 0 Å². The molecule has 0 bridgehead atoms. The monoisotopic (exact) mass is 348 g/mol. The third-order valence-electron chi connectivity index (χ3n) is 5.83. The van der Waals surface area contributed by atoms with Gasteiger partial charge in [-0.25, -0.2) is 0 Å². The van der Waals surface area contributed by atoms with Crippen molar-refractivity contribution in [1.29, 1.82) is 0 Å². The molecule has 0 heterocycles. The van der Waals surface area contributed by atoms with E-state index in [1.54, 1.807) is 0 Å². The summed E-state index contributed by atoms with van der Waals surface area (Å²) in [6.07, 6.45) is 6.69. The highest BCUT2D eigenvalue weighted by Gasteiger charge is 2.45. The van der Waals surface area contributed by atoms with E-state index < -0.39 is 11.7 Å². The first-order chi connectivity index (χ1) is 11.6. The maximum atomic E-state index is 12.2. The Labute approximate surface area is 151 Å². The number of allylic oxidation sites excluding steroid dienone is 5. The summed E-state index contributed by atoms with van der Waals surface area (Å²) in [5, 5.41) is 30.9. The zero-order valence-corrected chi connectivity index (χ0v) is 15.9. The molecule has 1 saturated carbocycles. The van der Waals surface area contributed by atoms with Gasteiger partial charge in [0.05, 0.1) is 5.60 Å². The summed E-state index contributed by atoms with van der Waals surface area (Å²) in [7, 11) is 0. The van der Waals surface area contributed by atoms with Crippen LogP contribution in [0.5, 0.6) is 0 Å². The van der Waals surface area contributed by atoms with E-state index in [1.807, 2.05) is 6.92 Å². The van der Waals surface area contributed by atoms with Crippen molar-refractivity contribution >= 4 is 5.78 Å². The normalized spacial score (nSPS) is 33.8. The molecule has 0 aromatic carbocycles. The van der Waals surface area contributed by atoms with Gasteiger partial charge < -0.3 is 15.3 Å². The van der Waals surface area contributed by atoms with E-state index in [4.69, 9.17) is 0 Å². The average Bonchev–Trinajstić information content (AvgIpc) is 2.82. The molecular weight excluding hydrogens is 316 g/mol. The quantitative estimate of drug-likeness (QED) is 0.657. The van der Waals surface area contributed by atoms with Crippen molar-refractivity contribution in [2.24, 2.45) is 11.8 Å². The van der Waals surface area contributed by atoms with E-state index in [1.165, 1.54) is 11.1 Å². The lowest BCUT2D eigenvalue weighted by Crippen LogP contribution is -2.35. The second-order valence-electron chi connectivity index (χ2n) is 8.12. The zero-order chi connectivity index (χ0) is 18.8. The minimum absolute atomic E-state index is 0.101. The Morgan fingerprint density at radius 3 is 2.56 bits per heavy atom. The van der Waals surface area contributed by atoms with E-state index in [0.717, 1.165) is 12.8 Å². The van der Waals surface area contributed by atoms with Gasteiger partial charge in [0.2, 0.25) is 0 Å². The summed E-state index contributed by atoms with van der Waals surface area (Å²) >= 11 is 0. The number of hydrogen-bond donors (Lipinski definition) is 3. The molecule has 0 aromatic heterocycles. The molecule has 0 aliphatic heterocycles. The molecule has 4 atom stereocenters. The summed E-state index contributed by atoms with van der Waals surface area (Å²) in [6.45, 7) is 8.05. The Morgan fingerprint density at radius 2 is 1.92 bits per heavy atom. The van der Waals surface area contributed by atoms with E-state index in [9.17, 15) is 20.1 Å². The highest BCUT2D eigenvalue weighted by atomic mass is 16.3. The van der Waals surface area contributed by atoms with Gasteiger partial charge in [0.1, 0.15) is 11.9 Å². The third kappa shape index (κ3) is 4.62. The topological polar surface area (TPSA) is 77.8 Å². The van der Waals surface area contributed by atoms with Crippen molar-refractivity contribution in [1.82, 2.24) is 0 Å². The molecular formula is C21H32O4. The van der Waals surface area contributed by atoms with Crippen LogP contribution in [-0.4, -0.2) is 32.8 Å². The fourth-order valence-corrected chi connectivity index (χ4v) is 4.14. The predicted molar refractivity (Wildman–Crippen MR) is 99.2 cm³/mol. The first kappa shape index (κ1) is 19.9. The van der Waals surface area contributed by atoms with Crippen molar-refractivity contribution in [2.75, 3.05) is 0 Å². The third-order valence-corrected chi connectivity index (χ3v) is 5.83. The van der Waals surface area contributed by atoms with Crippen molar-refractivity contribution in [3.8, 4) is 0 Å². The number of carbonyl (C=O) groups excluding carboxylic acids is 1. The molecule has 2 aliphatic carbocycles. The van der Waals surface area contributed by atoms with Gasteiger partial charge in [0.15, 0.2) is 5.78 Å². The molecule has 0 radical (unpaired) electrons. The number of aliphatic hydroxyl groups is 3. The van der Waals surface area contributed by atoms with Crippen molar-refractivity contribution in [2.45, 2.75) is 77.9 Å². The first-order valence-corrected chi connectivity index (χ1v) is 9.29. The summed E-state index contributed by atoms with van der Waals surface area (Å²) < 4.78 is 0. The van der Waals surface area contributed by atoms with E-state index in [0.29, 0.717) is 18.4 Å². The average molecular weight is 348 g/mol. The predicted octanol–water partition coefficient (Wildman–Crippen LogP) is 3.99. The lowest BCUT2D eigenvalue weighted by Gasteiger charge is -2.32. The number of carbonyl (C=O) groups is 1. The van der Waals surface area contributed by atoms with Gasteiger partial charge in [-0.15, -0.1) is 0 Å². The SMILES string of the molecule is CC(C)=CC/C=C(\C)[C@@H]1CC[C@](C)(O)[C@H]1CC1=C(O)[C@@H](O)CCC1=O. The summed E-state index contributed by atoms with van der Waals surface area (Å²) in [5.74, 6) is -0.228. The van der Waals surface area contributed by atoms with Gasteiger partial charge in [-0.2, -0.15) is 0 Å². The van der Waals surface area contributed by atoms with Gasteiger partial charge >= 0.3 is 0 Å². The summed E-state index contributed by atoms with van der Waals surface area (Å²) in [6, 6.07) is 0. The Kier molecular flexibility index (Phi) is 6.28. The van der Waals surface area contributed by atoms with Crippen LogP contribution < -0.4 is 0 Å². The molecule has 2 aliphatic rings. The lowest BCUT2D eigenvalue weighted by molar-refractivity contribution is -0.117. The van der Waals surface area contributed by atoms with Crippen LogP contribution in [0.3, 0.4) is 0 Å². The smallest absolute Gasteiger partial charge is 0.162 e. The minimum Gasteiger partial charge on any atom is -0.509 e. The van der Waals surface area contributed by atoms with Gasteiger partial charge in [-0.05, 0) is 71.6 Å². The lowest BCUT2D eigenvalue weighted by atomic mass is 9.76. The molecule has 1 fully saturated rings. The van der Waals surface area contributed by atoms with Gasteiger partial charge in [-0.1, -0.05) is 23.3 Å². The molecule has 4 nitrogen and oxygen atoms in total. The Balaban J connectivity index is 2.24. The standard InChI is InChI=1S/C21H32O4/c1-13(2)6-5-7-14(3)15-10-11-21(4,25)17(15)12-16-18(22)8-9-19(23)20(16)24/h6-7,15,17,19,23-25H,5,8-12H2,1-4H3/b14-7+/t15-,17-,19-,21-/m0/s1. The van der Waals surface area contributed by atoms with Crippen LogP contribution in [-0.2, 0) is 4.79 Å². The highest BCUT2D eigenvalue weighted by Crippen LogP contribution is 2.47. The molecule has 0 saturated heterocycles. The van der Waals surface area contributed by atoms with E-state index >= 15 is 0 Å². The summed E-state index contributed by atoms with van der Waals surface area (Å²) in [5.41, 5.74) is 1.94. The van der Waals surface area contributed by atoms with Crippen LogP contribution >= 0.6 is 0 Å². The van der Waals surface area contributed by atoms with Crippen LogP contribution in [0, 0.1) is 11.8 Å². The van der Waals surface area contributed by atoms with Crippen molar-refractivity contribution in [3.63, 3.8) is 0 Å². The number of hydrogen-bond acceptors (Lipinski definition) is 4. The first-order valence-electron chi connectivity index (χ1n) is 9.29. The highest BCUT2D eigenvalue weighted by molar-refractivity contribution is 5.96. The van der Waals surface area contributed by atoms with E-state index in [2.05, 4.69) is 32.9 Å². The van der Waals surface area contributed by atoms with Crippen LogP contribution in [0.15, 0.2) is 34.6 Å². The number of ketones is 1. The maximum absolute atomic E-state index is 12.2. The van der Waals surface area contributed by atoms with Gasteiger partial charge in [0, 0.05) is 12.0 Å². The van der Waals surface area contributed by atoms with Crippen LogP contribution in [0.25, 0.3) is 0 Å². The number of aliphatic hydroxyl groups excluding tert-OH is 2. The van der Waals surface area contributed by atoms with Crippen LogP contribution in [0.1, 0.15) is 66.2 Å². The Hall–Kier alpha value is -1.39. The maximum Gasteiger partial charge on any atom is 0.162 e. The molecule has 3 N–H and O–H groups in total. The molecule has 4 heteroatoms. The second kappa shape index (κ2) is 7.88. The molecule has 0 unspecified atom stereocenters. The molecule has 0 amide bonds. The second-order valence-corrected chi connectivity index (χ2v) is 8.12. The van der Waals surface area contributed by atoms with E-state index in [-0.39, 0.29) is 36.2 Å². The Bertz CT molecular complexity index is 605. The molecule has 0 aromatic rings.